The molecule has 0 radical (unpaired) electrons. The van der Waals surface area contributed by atoms with Crippen LogP contribution in [0.15, 0.2) is 30.5 Å². The quantitative estimate of drug-likeness (QED) is 0.900. The lowest BCUT2D eigenvalue weighted by Crippen LogP contribution is -2.25. The summed E-state index contributed by atoms with van der Waals surface area (Å²) >= 11 is 0. The van der Waals surface area contributed by atoms with E-state index < -0.39 is 11.9 Å². The van der Waals surface area contributed by atoms with Crippen LogP contribution in [0.25, 0.3) is 11.3 Å². The van der Waals surface area contributed by atoms with Crippen molar-refractivity contribution in [3.8, 4) is 11.3 Å². The van der Waals surface area contributed by atoms with E-state index in [4.69, 9.17) is 10.5 Å². The Morgan fingerprint density at radius 2 is 2.33 bits per heavy atom. The summed E-state index contributed by atoms with van der Waals surface area (Å²) in [6, 6.07) is 6.30. The summed E-state index contributed by atoms with van der Waals surface area (Å²) in [7, 11) is 0. The Morgan fingerprint density at radius 1 is 1.48 bits per heavy atom. The number of carbonyl (C=O) groups excluding carboxylic acids is 1. The average molecular weight is 290 g/mol. The summed E-state index contributed by atoms with van der Waals surface area (Å²) in [5, 5.41) is 6.50. The number of halogens is 1. The molecule has 6 nitrogen and oxygen atoms in total. The van der Waals surface area contributed by atoms with E-state index in [2.05, 4.69) is 10.2 Å². The number of ether oxygens (including phenoxy) is 1. The third-order valence-electron chi connectivity index (χ3n) is 3.42. The number of aromatic nitrogens is 2. The van der Waals surface area contributed by atoms with Crippen molar-refractivity contribution in [2.45, 2.75) is 12.5 Å². The number of carbonyl (C=O) groups is 1. The lowest BCUT2D eigenvalue weighted by atomic mass is 10.1. The predicted molar refractivity (Wildman–Crippen MR) is 75.3 cm³/mol. The Hall–Kier alpha value is -2.41. The fraction of sp³-hybridized carbons (Fsp3) is 0.286. The molecule has 7 heteroatoms. The minimum absolute atomic E-state index is 0.238. The minimum atomic E-state index is -0.470. The second kappa shape index (κ2) is 5.53. The van der Waals surface area contributed by atoms with Gasteiger partial charge in [-0.1, -0.05) is 0 Å². The van der Waals surface area contributed by atoms with Crippen molar-refractivity contribution >= 4 is 11.8 Å². The van der Waals surface area contributed by atoms with Crippen molar-refractivity contribution in [3.63, 3.8) is 0 Å². The summed E-state index contributed by atoms with van der Waals surface area (Å²) in [5.74, 6) is -0.424. The third-order valence-corrected chi connectivity index (χ3v) is 3.42. The summed E-state index contributed by atoms with van der Waals surface area (Å²) in [6.07, 6.45) is 1.44. The molecule has 1 aliphatic heterocycles. The highest BCUT2D eigenvalue weighted by Gasteiger charge is 2.32. The van der Waals surface area contributed by atoms with Crippen molar-refractivity contribution in [1.82, 2.24) is 10.2 Å². The Kier molecular flexibility index (Phi) is 3.57. The van der Waals surface area contributed by atoms with Crippen molar-refractivity contribution < 1.29 is 13.9 Å². The normalized spacial score (nSPS) is 18.1. The van der Waals surface area contributed by atoms with Crippen LogP contribution in [0.5, 0.6) is 0 Å². The van der Waals surface area contributed by atoms with E-state index in [1.54, 1.807) is 24.4 Å². The number of benzene rings is 1. The van der Waals surface area contributed by atoms with E-state index >= 15 is 0 Å². The van der Waals surface area contributed by atoms with Crippen molar-refractivity contribution in [1.29, 1.82) is 0 Å². The van der Waals surface area contributed by atoms with Crippen LogP contribution in [0, 0.1) is 5.82 Å². The van der Waals surface area contributed by atoms with E-state index in [0.717, 1.165) is 0 Å². The first-order chi connectivity index (χ1) is 10.2. The molecule has 0 bridgehead atoms. The molecular weight excluding hydrogens is 275 g/mol. The van der Waals surface area contributed by atoms with E-state index in [1.165, 1.54) is 11.0 Å². The largest absolute Gasteiger partial charge is 0.444 e. The Balaban J connectivity index is 1.84. The van der Waals surface area contributed by atoms with Crippen LogP contribution in [-0.2, 0) is 4.74 Å². The van der Waals surface area contributed by atoms with E-state index in [0.29, 0.717) is 36.5 Å². The van der Waals surface area contributed by atoms with Gasteiger partial charge in [-0.2, -0.15) is 5.10 Å². The highest BCUT2D eigenvalue weighted by Crippen LogP contribution is 2.28. The number of hydrogen-bond acceptors (Lipinski definition) is 4. The lowest BCUT2D eigenvalue weighted by molar-refractivity contribution is 0.138. The van der Waals surface area contributed by atoms with Crippen molar-refractivity contribution in [3.05, 3.63) is 36.3 Å². The van der Waals surface area contributed by atoms with Crippen LogP contribution in [0.4, 0.5) is 14.9 Å². The van der Waals surface area contributed by atoms with Crippen LogP contribution >= 0.6 is 0 Å². The number of H-pyrrole nitrogens is 1. The first kappa shape index (κ1) is 13.6. The molecular formula is C14H15FN4O2. The van der Waals surface area contributed by atoms with Gasteiger partial charge in [-0.25, -0.2) is 9.18 Å². The number of nitrogens with two attached hydrogens (primary N) is 1. The van der Waals surface area contributed by atoms with Gasteiger partial charge in [0.1, 0.15) is 11.9 Å². The smallest absolute Gasteiger partial charge is 0.414 e. The number of aromatic amines is 1. The first-order valence-electron chi connectivity index (χ1n) is 6.66. The molecule has 1 amide bonds. The number of nitrogens with one attached hydrogen (secondary N) is 1. The first-order valence-corrected chi connectivity index (χ1v) is 6.66. The minimum Gasteiger partial charge on any atom is -0.444 e. The van der Waals surface area contributed by atoms with Gasteiger partial charge in [0.05, 0.1) is 17.9 Å². The zero-order valence-electron chi connectivity index (χ0n) is 11.3. The number of hydrogen-bond donors (Lipinski definition) is 2. The highest BCUT2D eigenvalue weighted by atomic mass is 19.1. The predicted octanol–water partition coefficient (Wildman–Crippen LogP) is 1.89. The SMILES string of the molecule is NCC[C@H]1CN(c2ccc(-c3ccn[nH]3)c(F)c2)C(=O)O1. The molecule has 2 heterocycles. The zero-order valence-corrected chi connectivity index (χ0v) is 11.3. The molecule has 1 fully saturated rings. The molecule has 1 atom stereocenters. The van der Waals surface area contributed by atoms with Gasteiger partial charge in [-0.15, -0.1) is 0 Å². The average Bonchev–Trinajstić information content (AvgIpc) is 3.09. The van der Waals surface area contributed by atoms with Crippen LogP contribution in [0.2, 0.25) is 0 Å². The third kappa shape index (κ3) is 2.59. The van der Waals surface area contributed by atoms with E-state index in [9.17, 15) is 9.18 Å². The molecule has 1 aromatic heterocycles. The maximum atomic E-state index is 14.2. The molecule has 1 saturated heterocycles. The Labute approximate surface area is 120 Å². The molecule has 0 spiro atoms. The number of anilines is 1. The van der Waals surface area contributed by atoms with Crippen LogP contribution < -0.4 is 10.6 Å². The molecule has 3 rings (SSSR count). The number of rotatable bonds is 4. The number of nitrogens with zero attached hydrogens (tertiary/aromatic N) is 2. The summed E-state index contributed by atoms with van der Waals surface area (Å²) in [4.78, 5) is 13.2. The van der Waals surface area contributed by atoms with Gasteiger partial charge in [0, 0.05) is 11.8 Å². The molecule has 1 aliphatic rings. The van der Waals surface area contributed by atoms with Gasteiger partial charge in [0.2, 0.25) is 0 Å². The number of cyclic esters (lactones) is 1. The van der Waals surface area contributed by atoms with E-state index in [-0.39, 0.29) is 6.10 Å². The summed E-state index contributed by atoms with van der Waals surface area (Å²) in [6.45, 7) is 0.831. The van der Waals surface area contributed by atoms with Gasteiger partial charge in [-0.05, 0) is 37.2 Å². The molecule has 0 unspecified atom stereocenters. The molecule has 21 heavy (non-hydrogen) atoms. The molecule has 3 N–H and O–H groups in total. The topological polar surface area (TPSA) is 84.2 Å². The monoisotopic (exact) mass is 290 g/mol. The molecule has 1 aromatic carbocycles. The standard InChI is InChI=1S/C14H15FN4O2/c15-12-7-9(1-2-11(12)13-4-6-17-18-13)19-8-10(3-5-16)21-14(19)20/h1-2,4,6-7,10H,3,5,8,16H2,(H,17,18)/t10-/m0/s1. The van der Waals surface area contributed by atoms with Crippen LogP contribution in [0.1, 0.15) is 6.42 Å². The fourth-order valence-corrected chi connectivity index (χ4v) is 2.36. The summed E-state index contributed by atoms with van der Waals surface area (Å²) < 4.78 is 19.4. The van der Waals surface area contributed by atoms with Gasteiger partial charge in [0.15, 0.2) is 0 Å². The Morgan fingerprint density at radius 3 is 3.00 bits per heavy atom. The van der Waals surface area contributed by atoms with Gasteiger partial charge in [0.25, 0.3) is 0 Å². The van der Waals surface area contributed by atoms with Gasteiger partial charge >= 0.3 is 6.09 Å². The van der Waals surface area contributed by atoms with E-state index in [1.807, 2.05) is 0 Å². The zero-order chi connectivity index (χ0) is 14.8. The van der Waals surface area contributed by atoms with Gasteiger partial charge in [-0.3, -0.25) is 10.00 Å². The molecule has 0 saturated carbocycles. The second-order valence-corrected chi connectivity index (χ2v) is 4.83. The van der Waals surface area contributed by atoms with Gasteiger partial charge < -0.3 is 10.5 Å². The van der Waals surface area contributed by atoms with Crippen LogP contribution in [0.3, 0.4) is 0 Å². The number of amides is 1. The molecule has 110 valence electrons. The lowest BCUT2D eigenvalue weighted by Gasteiger charge is -2.14. The molecule has 0 aliphatic carbocycles. The van der Waals surface area contributed by atoms with Crippen LogP contribution in [-0.4, -0.2) is 35.5 Å². The maximum absolute atomic E-state index is 14.2. The highest BCUT2D eigenvalue weighted by molar-refractivity contribution is 5.90. The molecule has 2 aromatic rings. The fourth-order valence-electron chi connectivity index (χ4n) is 2.36. The van der Waals surface area contributed by atoms with Crippen molar-refractivity contribution in [2.75, 3.05) is 18.0 Å². The second-order valence-electron chi connectivity index (χ2n) is 4.83. The Bertz CT molecular complexity index is 644. The maximum Gasteiger partial charge on any atom is 0.414 e. The van der Waals surface area contributed by atoms with Crippen molar-refractivity contribution in [2.24, 2.45) is 5.73 Å². The summed E-state index contributed by atoms with van der Waals surface area (Å²) in [5.41, 5.74) is 6.92.